The van der Waals surface area contributed by atoms with Crippen molar-refractivity contribution in [2.24, 2.45) is 5.41 Å². The molecule has 0 N–H and O–H groups in total. The Morgan fingerprint density at radius 3 is 2.59 bits per heavy atom. The van der Waals surface area contributed by atoms with Crippen molar-refractivity contribution in [3.63, 3.8) is 0 Å². The molecular formula is C22H25N3O3S. The fourth-order valence-corrected chi connectivity index (χ4v) is 6.41. The van der Waals surface area contributed by atoms with Gasteiger partial charge in [-0.15, -0.1) is 0 Å². The molecule has 3 heterocycles. The van der Waals surface area contributed by atoms with Gasteiger partial charge in [0.2, 0.25) is 0 Å². The Hall–Kier alpha value is -2.54. The summed E-state index contributed by atoms with van der Waals surface area (Å²) in [5.74, 6) is 0.0662. The smallest absolute Gasteiger partial charge is 0.165 e. The van der Waals surface area contributed by atoms with E-state index in [1.165, 1.54) is 0 Å². The molecule has 0 bridgehead atoms. The highest BCUT2D eigenvalue weighted by Gasteiger charge is 2.45. The minimum Gasteiger partial charge on any atom is -0.294 e. The molecule has 0 unspecified atom stereocenters. The predicted octanol–water partition coefficient (Wildman–Crippen LogP) is 4.00. The van der Waals surface area contributed by atoms with E-state index in [2.05, 4.69) is 11.1 Å². The zero-order valence-electron chi connectivity index (χ0n) is 17.1. The van der Waals surface area contributed by atoms with Gasteiger partial charge < -0.3 is 0 Å². The molecule has 29 heavy (non-hydrogen) atoms. The second kappa shape index (κ2) is 6.76. The van der Waals surface area contributed by atoms with Crippen LogP contribution in [-0.4, -0.2) is 40.5 Å². The number of fused-ring (bicyclic) bond motifs is 1. The molecule has 6 nitrogen and oxygen atoms in total. The lowest BCUT2D eigenvalue weighted by Gasteiger charge is -2.37. The normalized spacial score (nSPS) is 17.4. The highest BCUT2D eigenvalue weighted by atomic mass is 32.2. The van der Waals surface area contributed by atoms with Gasteiger partial charge in [0.25, 0.3) is 0 Å². The first-order chi connectivity index (χ1) is 13.6. The first-order valence-corrected chi connectivity index (χ1v) is 11.6. The zero-order valence-corrected chi connectivity index (χ0v) is 18.0. The van der Waals surface area contributed by atoms with Crippen LogP contribution in [0.5, 0.6) is 0 Å². The summed E-state index contributed by atoms with van der Waals surface area (Å²) in [6.45, 7) is 7.98. The number of Topliss-reactive ketones (excluding diaryl/α,β-unsaturated/α-hetero) is 1. The first kappa shape index (κ1) is 19.8. The van der Waals surface area contributed by atoms with E-state index in [0.717, 1.165) is 27.9 Å². The average Bonchev–Trinajstić information content (AvgIpc) is 2.98. The summed E-state index contributed by atoms with van der Waals surface area (Å²) in [4.78, 5) is 17.4. The van der Waals surface area contributed by atoms with Crippen molar-refractivity contribution in [3.05, 3.63) is 47.7 Å². The van der Waals surface area contributed by atoms with Crippen LogP contribution < -0.4 is 0 Å². The first-order valence-electron chi connectivity index (χ1n) is 9.76. The molecule has 1 aliphatic rings. The molecule has 0 amide bonds. The maximum atomic E-state index is 12.8. The third-order valence-corrected chi connectivity index (χ3v) is 7.65. The largest absolute Gasteiger partial charge is 0.294 e. The third kappa shape index (κ3) is 3.71. The monoisotopic (exact) mass is 411 g/mol. The molecule has 4 rings (SSSR count). The van der Waals surface area contributed by atoms with Gasteiger partial charge in [-0.2, -0.15) is 5.10 Å². The lowest BCUT2D eigenvalue weighted by Crippen LogP contribution is -2.47. The lowest BCUT2D eigenvalue weighted by molar-refractivity contribution is 0.0936. The summed E-state index contributed by atoms with van der Waals surface area (Å²) in [6.07, 6.45) is 1.80. The molecule has 0 radical (unpaired) electrons. The molecule has 0 saturated carbocycles. The van der Waals surface area contributed by atoms with E-state index in [1.54, 1.807) is 6.20 Å². The number of hydrogen-bond acceptors (Lipinski definition) is 5. The number of ketones is 1. The number of pyridine rings is 1. The van der Waals surface area contributed by atoms with Crippen molar-refractivity contribution in [2.45, 2.75) is 40.2 Å². The van der Waals surface area contributed by atoms with Crippen LogP contribution in [0.3, 0.4) is 0 Å². The Morgan fingerprint density at radius 1 is 1.24 bits per heavy atom. The van der Waals surface area contributed by atoms with E-state index >= 15 is 0 Å². The van der Waals surface area contributed by atoms with Gasteiger partial charge >= 0.3 is 0 Å². The maximum Gasteiger partial charge on any atom is 0.165 e. The fraction of sp³-hybridized carbons (Fsp3) is 0.409. The molecule has 0 aliphatic carbocycles. The number of rotatable bonds is 5. The molecule has 1 aromatic carbocycles. The highest BCUT2D eigenvalue weighted by Crippen LogP contribution is 2.37. The van der Waals surface area contributed by atoms with Crippen LogP contribution in [0.2, 0.25) is 0 Å². The van der Waals surface area contributed by atoms with Gasteiger partial charge in [0, 0.05) is 35.2 Å². The SMILES string of the molecule is Cc1cccc(-c2nn(C(C)C)c3cc(C(=O)CC4(C)CS(=O)(=O)C4)cnc23)c1. The van der Waals surface area contributed by atoms with Gasteiger partial charge in [-0.25, -0.2) is 8.42 Å². The Kier molecular flexibility index (Phi) is 4.61. The van der Waals surface area contributed by atoms with Gasteiger partial charge in [0.1, 0.15) is 11.2 Å². The van der Waals surface area contributed by atoms with Gasteiger partial charge in [-0.1, -0.05) is 30.7 Å². The molecule has 152 valence electrons. The summed E-state index contributed by atoms with van der Waals surface area (Å²) in [5.41, 5.74) is 4.54. The molecule has 1 saturated heterocycles. The number of sulfone groups is 1. The van der Waals surface area contributed by atoms with Crippen molar-refractivity contribution in [1.82, 2.24) is 14.8 Å². The summed E-state index contributed by atoms with van der Waals surface area (Å²) in [5, 5.41) is 4.79. The topological polar surface area (TPSA) is 81.9 Å². The molecular weight excluding hydrogens is 386 g/mol. The summed E-state index contributed by atoms with van der Waals surface area (Å²) in [6, 6.07) is 10.1. The number of hydrogen-bond donors (Lipinski definition) is 0. The van der Waals surface area contributed by atoms with Crippen LogP contribution >= 0.6 is 0 Å². The molecule has 0 spiro atoms. The van der Waals surface area contributed by atoms with Crippen molar-refractivity contribution in [3.8, 4) is 11.3 Å². The number of benzene rings is 1. The minimum absolute atomic E-state index is 0.0723. The molecule has 7 heteroatoms. The number of carbonyl (C=O) groups is 1. The average molecular weight is 412 g/mol. The number of aromatic nitrogens is 3. The zero-order chi connectivity index (χ0) is 21.0. The summed E-state index contributed by atoms with van der Waals surface area (Å²) < 4.78 is 25.0. The van der Waals surface area contributed by atoms with Crippen LogP contribution in [0, 0.1) is 12.3 Å². The molecule has 3 aromatic rings. The predicted molar refractivity (Wildman–Crippen MR) is 114 cm³/mol. The van der Waals surface area contributed by atoms with E-state index in [1.807, 2.05) is 56.6 Å². The van der Waals surface area contributed by atoms with Gasteiger partial charge in [-0.3, -0.25) is 14.5 Å². The van der Waals surface area contributed by atoms with Crippen LogP contribution in [0.1, 0.15) is 49.2 Å². The van der Waals surface area contributed by atoms with Crippen LogP contribution in [0.4, 0.5) is 0 Å². The van der Waals surface area contributed by atoms with E-state index in [-0.39, 0.29) is 29.8 Å². The molecule has 1 fully saturated rings. The Balaban J connectivity index is 1.74. The van der Waals surface area contributed by atoms with Crippen LogP contribution in [-0.2, 0) is 9.84 Å². The molecule has 2 aromatic heterocycles. The van der Waals surface area contributed by atoms with Gasteiger partial charge in [0.05, 0.1) is 17.0 Å². The quantitative estimate of drug-likeness (QED) is 0.593. The Morgan fingerprint density at radius 2 is 1.97 bits per heavy atom. The highest BCUT2D eigenvalue weighted by molar-refractivity contribution is 7.92. The Labute approximate surface area is 170 Å². The van der Waals surface area contributed by atoms with Crippen LogP contribution in [0.15, 0.2) is 36.5 Å². The maximum absolute atomic E-state index is 12.8. The standard InChI is InChI=1S/C22H25N3O3S/c1-14(2)25-18-9-17(19(26)10-22(4)12-29(27,28)13-22)11-23-21(18)20(24-25)16-7-5-6-15(3)8-16/h5-9,11,14H,10,12-13H2,1-4H3. The number of nitrogens with zero attached hydrogens (tertiary/aromatic N) is 3. The second-order valence-electron chi connectivity index (χ2n) is 8.79. The molecule has 1 aliphatic heterocycles. The summed E-state index contributed by atoms with van der Waals surface area (Å²) in [7, 11) is -2.98. The van der Waals surface area contributed by atoms with E-state index in [0.29, 0.717) is 5.56 Å². The minimum atomic E-state index is -2.98. The Bertz CT molecular complexity index is 1210. The second-order valence-corrected chi connectivity index (χ2v) is 10.9. The lowest BCUT2D eigenvalue weighted by atomic mass is 9.86. The van der Waals surface area contributed by atoms with E-state index < -0.39 is 15.3 Å². The number of aryl methyl sites for hydroxylation is 1. The third-order valence-electron chi connectivity index (χ3n) is 5.37. The van der Waals surface area contributed by atoms with Crippen molar-refractivity contribution in [1.29, 1.82) is 0 Å². The molecule has 0 atom stereocenters. The van der Waals surface area contributed by atoms with Crippen LogP contribution in [0.25, 0.3) is 22.3 Å². The van der Waals surface area contributed by atoms with E-state index in [9.17, 15) is 13.2 Å². The van der Waals surface area contributed by atoms with Crippen molar-refractivity contribution in [2.75, 3.05) is 11.5 Å². The van der Waals surface area contributed by atoms with E-state index in [4.69, 9.17) is 5.10 Å². The summed E-state index contributed by atoms with van der Waals surface area (Å²) >= 11 is 0. The van der Waals surface area contributed by atoms with Crippen molar-refractivity contribution >= 4 is 26.7 Å². The van der Waals surface area contributed by atoms with Gasteiger partial charge in [0.15, 0.2) is 15.6 Å². The van der Waals surface area contributed by atoms with Crippen molar-refractivity contribution < 1.29 is 13.2 Å². The number of carbonyl (C=O) groups excluding carboxylic acids is 1. The fourth-order valence-electron chi connectivity index (χ4n) is 4.16. The van der Waals surface area contributed by atoms with Gasteiger partial charge in [-0.05, 0) is 32.9 Å².